The maximum atomic E-state index is 3.31. The Kier molecular flexibility index (Phi) is 93.1. The topological polar surface area (TPSA) is 126 Å². The Balaban J connectivity index is -0.00000000750. The summed E-state index contributed by atoms with van der Waals surface area (Å²) in [5.41, 5.74) is 0. The Morgan fingerprint density at radius 1 is 0.625 bits per heavy atom. The van der Waals surface area contributed by atoms with Crippen LogP contribution in [0.1, 0.15) is 0 Å². The summed E-state index contributed by atoms with van der Waals surface area (Å²) in [6, 6.07) is 0. The van der Waals surface area contributed by atoms with Crippen LogP contribution in [0.3, 0.4) is 0 Å². The number of rotatable bonds is 0. The van der Waals surface area contributed by atoms with E-state index in [1.165, 1.54) is 0 Å². The Labute approximate surface area is 72.3 Å². The van der Waals surface area contributed by atoms with Crippen LogP contribution in [-0.4, -0.2) is 21.9 Å². The van der Waals surface area contributed by atoms with Crippen molar-refractivity contribution in [1.82, 2.24) is 0 Å². The van der Waals surface area contributed by atoms with Crippen LogP contribution in [0.15, 0.2) is 0 Å². The zero-order valence-electron chi connectivity index (χ0n) is 3.58. The third-order valence-electron chi connectivity index (χ3n) is 0. The summed E-state index contributed by atoms with van der Waals surface area (Å²) < 4.78 is 0. The molecule has 0 saturated carbocycles. The van der Waals surface area contributed by atoms with Gasteiger partial charge in [0.2, 0.25) is 0 Å². The molecule has 0 aliphatic heterocycles. The van der Waals surface area contributed by atoms with Gasteiger partial charge in [-0.1, -0.05) is 0 Å². The van der Waals surface area contributed by atoms with E-state index in [2.05, 4.69) is 39.1 Å². The molecule has 8 heavy (non-hydrogen) atoms. The number of hydrogen-bond donors (Lipinski definition) is 0. The van der Waals surface area contributed by atoms with E-state index in [1.54, 1.807) is 0 Å². The Morgan fingerprint density at radius 2 is 0.625 bits per heavy atom. The third kappa shape index (κ3) is 96.8. The van der Waals surface area contributed by atoms with Crippen LogP contribution < -0.4 is 0 Å². The molecule has 0 aliphatic carbocycles. The molecular weight excluding hydrogens is 485 g/mol. The second kappa shape index (κ2) is 23.0. The van der Waals surface area contributed by atoms with Gasteiger partial charge in [-0.25, -0.2) is 0 Å². The van der Waals surface area contributed by atoms with Crippen molar-refractivity contribution in [2.24, 2.45) is 0 Å². The monoisotopic (exact) mass is 490 g/mol. The van der Waals surface area contributed by atoms with Gasteiger partial charge in [-0.3, -0.25) is 0 Å². The van der Waals surface area contributed by atoms with Crippen LogP contribution in [0.25, 0.3) is 0 Å². The van der Waals surface area contributed by atoms with Crippen molar-refractivity contribution in [2.75, 3.05) is 0 Å². The van der Waals surface area contributed by atoms with E-state index in [0.29, 0.717) is 0 Å². The van der Waals surface area contributed by atoms with Gasteiger partial charge in [0.15, 0.2) is 0 Å². The van der Waals surface area contributed by atoms with Gasteiger partial charge >= 0.3 is 51.1 Å². The van der Waals surface area contributed by atoms with Gasteiger partial charge in [0, 0.05) is 0 Å². The number of hydrogen-bond acceptors (Lipinski definition) is 0. The SMILES string of the molecule is O.O.O.O.[Br][Ta]([Br])[Br]. The Morgan fingerprint density at radius 3 is 0.625 bits per heavy atom. The fourth-order valence-corrected chi connectivity index (χ4v) is 0. The fraction of sp³-hybridized carbons (Fsp3) is 0. The zero-order chi connectivity index (χ0) is 3.58. The molecule has 0 aromatic heterocycles. The van der Waals surface area contributed by atoms with Gasteiger partial charge in [0.1, 0.15) is 0 Å². The van der Waals surface area contributed by atoms with E-state index < -0.39 is 12.0 Å². The number of halogens is 3. The van der Waals surface area contributed by atoms with Crippen molar-refractivity contribution in [1.29, 1.82) is 0 Å². The van der Waals surface area contributed by atoms with E-state index in [0.717, 1.165) is 0 Å². The summed E-state index contributed by atoms with van der Waals surface area (Å²) in [5.74, 6) is 0. The molecule has 8 N–H and O–H groups in total. The van der Waals surface area contributed by atoms with E-state index in [-0.39, 0.29) is 21.9 Å². The zero-order valence-corrected chi connectivity index (χ0v) is 11.6. The fourth-order valence-electron chi connectivity index (χ4n) is 0. The first-order valence-corrected chi connectivity index (χ1v) is 21.6. The minimum atomic E-state index is -1.16. The van der Waals surface area contributed by atoms with Gasteiger partial charge in [-0.2, -0.15) is 0 Å². The quantitative estimate of drug-likeness (QED) is 0.421. The van der Waals surface area contributed by atoms with E-state index in [1.807, 2.05) is 0 Å². The summed E-state index contributed by atoms with van der Waals surface area (Å²) in [4.78, 5) is 0. The summed E-state index contributed by atoms with van der Waals surface area (Å²) in [6.45, 7) is 0. The predicted molar refractivity (Wildman–Crippen MR) is 41.2 cm³/mol. The molecule has 0 aromatic carbocycles. The Bertz CT molecular complexity index is 16.0. The van der Waals surface area contributed by atoms with Crippen molar-refractivity contribution >= 4 is 39.1 Å². The van der Waals surface area contributed by atoms with Crippen LogP contribution in [0.2, 0.25) is 0 Å². The first-order valence-electron chi connectivity index (χ1n) is 0.507. The summed E-state index contributed by atoms with van der Waals surface area (Å²) in [6.07, 6.45) is 0. The second-order valence-electron chi connectivity index (χ2n) is 0.192. The molecule has 0 unspecified atom stereocenters. The van der Waals surface area contributed by atoms with Crippen molar-refractivity contribution in [3.05, 3.63) is 0 Å². The molecule has 0 bridgehead atoms. The van der Waals surface area contributed by atoms with Crippen LogP contribution in [0.5, 0.6) is 0 Å². The van der Waals surface area contributed by atoms with Gasteiger partial charge in [-0.05, 0) is 0 Å². The molecule has 0 radical (unpaired) electrons. The molecule has 8 heteroatoms. The third-order valence-corrected chi connectivity index (χ3v) is 0. The summed E-state index contributed by atoms with van der Waals surface area (Å²) in [5, 5.41) is 0. The summed E-state index contributed by atoms with van der Waals surface area (Å²) in [7, 11) is 0. The van der Waals surface area contributed by atoms with Crippen molar-refractivity contribution in [2.45, 2.75) is 0 Å². The molecule has 58 valence electrons. The van der Waals surface area contributed by atoms with Gasteiger partial charge in [0.25, 0.3) is 0 Å². The molecule has 0 aliphatic rings. The Hall–Kier alpha value is 2.02. The maximum absolute atomic E-state index is 3.31. The van der Waals surface area contributed by atoms with Crippen molar-refractivity contribution in [3.63, 3.8) is 0 Å². The first kappa shape index (κ1) is 32.3. The van der Waals surface area contributed by atoms with Crippen molar-refractivity contribution in [3.8, 4) is 0 Å². The molecule has 4 nitrogen and oxygen atoms in total. The van der Waals surface area contributed by atoms with Gasteiger partial charge in [0.05, 0.1) is 0 Å². The molecule has 0 amide bonds. The van der Waals surface area contributed by atoms with Crippen LogP contribution in [0, 0.1) is 0 Å². The molecule has 0 rings (SSSR count). The van der Waals surface area contributed by atoms with Gasteiger partial charge < -0.3 is 21.9 Å². The first-order chi connectivity index (χ1) is 1.73. The summed E-state index contributed by atoms with van der Waals surface area (Å²) >= 11 is 8.77. The average molecular weight is 493 g/mol. The normalized spacial score (nSPS) is 4.50. The molecule has 0 heterocycles. The van der Waals surface area contributed by atoms with E-state index in [9.17, 15) is 0 Å². The molecule has 0 aromatic rings. The second-order valence-corrected chi connectivity index (χ2v) is 42.4. The molecule has 0 atom stereocenters. The van der Waals surface area contributed by atoms with Crippen LogP contribution >= 0.6 is 39.1 Å². The average Bonchev–Trinajstić information content (AvgIpc) is 0.811. The minimum absolute atomic E-state index is 0. The van der Waals surface area contributed by atoms with E-state index >= 15 is 0 Å². The van der Waals surface area contributed by atoms with Crippen molar-refractivity contribution < 1.29 is 33.9 Å². The molecule has 0 spiro atoms. The standard InChI is InChI=1S/3BrH.4H2O.Ta/h3*1H;4*1H2;/q;;;;;;;+3/p-3. The van der Waals surface area contributed by atoms with Gasteiger partial charge in [-0.15, -0.1) is 0 Å². The molecule has 0 fully saturated rings. The molecule has 0 saturated heterocycles. The van der Waals surface area contributed by atoms with Crippen LogP contribution in [-0.2, 0) is 12.0 Å². The molecular formula is H8Br3O4Ta. The predicted octanol–water partition coefficient (Wildman–Crippen LogP) is -0.765. The van der Waals surface area contributed by atoms with E-state index in [4.69, 9.17) is 0 Å². The van der Waals surface area contributed by atoms with Crippen LogP contribution in [0.4, 0.5) is 0 Å².